The minimum atomic E-state index is 0.0938. The first kappa shape index (κ1) is 8.72. The van der Waals surface area contributed by atoms with Crippen LogP contribution in [0.15, 0.2) is 4.99 Å². The van der Waals surface area contributed by atoms with Gasteiger partial charge in [0, 0.05) is 5.54 Å². The van der Waals surface area contributed by atoms with Crippen LogP contribution >= 0.6 is 0 Å². The van der Waals surface area contributed by atoms with E-state index in [0.29, 0.717) is 0 Å². The Bertz CT molecular complexity index is 270. The van der Waals surface area contributed by atoms with Crippen molar-refractivity contribution in [2.45, 2.75) is 49.6 Å². The van der Waals surface area contributed by atoms with Crippen molar-refractivity contribution in [1.82, 2.24) is 0 Å². The first-order valence-electron chi connectivity index (χ1n) is 5.67. The lowest BCUT2D eigenvalue weighted by molar-refractivity contribution is -0.0159. The molecule has 2 atom stereocenters. The Morgan fingerprint density at radius 3 is 2.29 bits per heavy atom. The van der Waals surface area contributed by atoms with E-state index in [4.69, 9.17) is 11.5 Å². The molecule has 0 heterocycles. The summed E-state index contributed by atoms with van der Waals surface area (Å²) < 4.78 is 0. The summed E-state index contributed by atoms with van der Waals surface area (Å²) in [5, 5.41) is 0. The highest BCUT2D eigenvalue weighted by Crippen LogP contribution is 2.57. The summed E-state index contributed by atoms with van der Waals surface area (Å²) >= 11 is 0. The van der Waals surface area contributed by atoms with Crippen LogP contribution in [-0.4, -0.2) is 17.4 Å². The normalized spacial score (nSPS) is 55.8. The predicted molar refractivity (Wildman–Crippen MR) is 57.0 cm³/mol. The summed E-state index contributed by atoms with van der Waals surface area (Å²) in [4.78, 5) is 4.53. The molecule has 4 N–H and O–H groups in total. The summed E-state index contributed by atoms with van der Waals surface area (Å²) in [7, 11) is 0. The summed E-state index contributed by atoms with van der Waals surface area (Å²) in [6.07, 6.45) is 8.88. The van der Waals surface area contributed by atoms with Crippen LogP contribution in [0.1, 0.15) is 38.5 Å². The summed E-state index contributed by atoms with van der Waals surface area (Å²) in [6, 6.07) is 0. The Morgan fingerprint density at radius 1 is 1.14 bits per heavy atom. The predicted octanol–water partition coefficient (Wildman–Crippen LogP) is 1.02. The minimum Gasteiger partial charge on any atom is -0.390 e. The van der Waals surface area contributed by atoms with Gasteiger partial charge in [-0.2, -0.15) is 0 Å². The minimum absolute atomic E-state index is 0.0938. The maximum absolute atomic E-state index is 6.42. The van der Waals surface area contributed by atoms with Gasteiger partial charge in [-0.1, -0.05) is 0 Å². The van der Waals surface area contributed by atoms with Crippen molar-refractivity contribution in [3.05, 3.63) is 0 Å². The molecular formula is C11H19N3. The molecule has 78 valence electrons. The number of nitrogens with zero attached hydrogens (tertiary/aromatic N) is 1. The molecule has 3 nitrogen and oxygen atoms in total. The van der Waals surface area contributed by atoms with E-state index in [1.807, 2.05) is 0 Å². The van der Waals surface area contributed by atoms with Crippen LogP contribution in [0.4, 0.5) is 0 Å². The molecule has 4 saturated carbocycles. The molecule has 0 amide bonds. The van der Waals surface area contributed by atoms with Crippen molar-refractivity contribution in [2.24, 2.45) is 28.3 Å². The fraction of sp³-hybridized carbons (Fsp3) is 0.909. The molecule has 0 aromatic heterocycles. The molecule has 2 unspecified atom stereocenters. The lowest BCUT2D eigenvalue weighted by Crippen LogP contribution is -2.62. The van der Waals surface area contributed by atoms with Gasteiger partial charge in [0.2, 0.25) is 0 Å². The Morgan fingerprint density at radius 2 is 1.79 bits per heavy atom. The highest BCUT2D eigenvalue weighted by molar-refractivity contribution is 5.52. The molecule has 0 spiro atoms. The van der Waals surface area contributed by atoms with E-state index in [1.165, 1.54) is 38.4 Å². The standard InChI is InChI=1S/C11H19N3/c12-7-14-11-4-8-1-9(5-11)3-10(13,2-8)6-11/h7-9H,1-6,13H2,(H2,12,14). The fourth-order valence-corrected chi connectivity index (χ4v) is 4.59. The van der Waals surface area contributed by atoms with Crippen LogP contribution in [0, 0.1) is 11.8 Å². The van der Waals surface area contributed by atoms with Crippen molar-refractivity contribution >= 4 is 6.34 Å². The van der Waals surface area contributed by atoms with E-state index in [0.717, 1.165) is 18.3 Å². The van der Waals surface area contributed by atoms with Crippen LogP contribution in [-0.2, 0) is 0 Å². The van der Waals surface area contributed by atoms with Crippen molar-refractivity contribution in [1.29, 1.82) is 0 Å². The van der Waals surface area contributed by atoms with Crippen LogP contribution in [0.3, 0.4) is 0 Å². The SMILES string of the molecule is NC=NC12CC3CC(CC(N)(C3)C1)C2. The van der Waals surface area contributed by atoms with Crippen LogP contribution < -0.4 is 11.5 Å². The van der Waals surface area contributed by atoms with Gasteiger partial charge in [-0.05, 0) is 50.4 Å². The second-order valence-corrected chi connectivity index (χ2v) is 5.83. The number of nitrogens with two attached hydrogens (primary N) is 2. The van der Waals surface area contributed by atoms with E-state index in [9.17, 15) is 0 Å². The molecule has 0 aromatic carbocycles. The first-order chi connectivity index (χ1) is 6.63. The number of hydrogen-bond acceptors (Lipinski definition) is 2. The van der Waals surface area contributed by atoms with Gasteiger partial charge in [0.1, 0.15) is 0 Å². The average molecular weight is 193 g/mol. The van der Waals surface area contributed by atoms with Gasteiger partial charge in [0.05, 0.1) is 11.9 Å². The molecule has 4 bridgehead atoms. The molecule has 0 aliphatic heterocycles. The lowest BCUT2D eigenvalue weighted by Gasteiger charge is -2.59. The Hall–Kier alpha value is -0.570. The van der Waals surface area contributed by atoms with Gasteiger partial charge in [0.25, 0.3) is 0 Å². The third-order valence-electron chi connectivity index (χ3n) is 4.42. The number of aliphatic imine (C=N–C) groups is 1. The lowest BCUT2D eigenvalue weighted by atomic mass is 9.50. The summed E-state index contributed by atoms with van der Waals surface area (Å²) in [6.45, 7) is 0. The first-order valence-corrected chi connectivity index (χ1v) is 5.67. The molecule has 14 heavy (non-hydrogen) atoms. The maximum atomic E-state index is 6.42. The quantitative estimate of drug-likeness (QED) is 0.482. The van der Waals surface area contributed by atoms with E-state index in [-0.39, 0.29) is 11.1 Å². The second kappa shape index (κ2) is 2.51. The average Bonchev–Trinajstić information content (AvgIpc) is 1.97. The zero-order valence-corrected chi connectivity index (χ0v) is 8.58. The summed E-state index contributed by atoms with van der Waals surface area (Å²) in [5.74, 6) is 1.65. The third-order valence-corrected chi connectivity index (χ3v) is 4.42. The van der Waals surface area contributed by atoms with E-state index < -0.39 is 0 Å². The Labute approximate surface area is 84.9 Å². The van der Waals surface area contributed by atoms with Crippen LogP contribution in [0.25, 0.3) is 0 Å². The van der Waals surface area contributed by atoms with Crippen molar-refractivity contribution < 1.29 is 0 Å². The topological polar surface area (TPSA) is 64.4 Å². The van der Waals surface area contributed by atoms with Gasteiger partial charge < -0.3 is 11.5 Å². The molecule has 0 radical (unpaired) electrons. The Balaban J connectivity index is 1.96. The Kier molecular flexibility index (Phi) is 1.56. The van der Waals surface area contributed by atoms with Crippen molar-refractivity contribution in [3.63, 3.8) is 0 Å². The van der Waals surface area contributed by atoms with Crippen LogP contribution in [0.5, 0.6) is 0 Å². The van der Waals surface area contributed by atoms with Gasteiger partial charge in [-0.25, -0.2) is 0 Å². The van der Waals surface area contributed by atoms with Gasteiger partial charge in [-0.15, -0.1) is 0 Å². The zero-order chi connectivity index (χ0) is 9.81. The van der Waals surface area contributed by atoms with Crippen molar-refractivity contribution in [2.75, 3.05) is 0 Å². The maximum Gasteiger partial charge on any atom is 0.0804 e. The van der Waals surface area contributed by atoms with E-state index >= 15 is 0 Å². The molecule has 4 fully saturated rings. The molecule has 4 rings (SSSR count). The largest absolute Gasteiger partial charge is 0.390 e. The van der Waals surface area contributed by atoms with E-state index in [2.05, 4.69) is 4.99 Å². The molecule has 0 saturated heterocycles. The van der Waals surface area contributed by atoms with E-state index in [1.54, 1.807) is 0 Å². The number of rotatable bonds is 1. The molecular weight excluding hydrogens is 174 g/mol. The highest BCUT2D eigenvalue weighted by Gasteiger charge is 2.56. The van der Waals surface area contributed by atoms with Crippen molar-refractivity contribution in [3.8, 4) is 0 Å². The van der Waals surface area contributed by atoms with Crippen LogP contribution in [0.2, 0.25) is 0 Å². The van der Waals surface area contributed by atoms with Gasteiger partial charge >= 0.3 is 0 Å². The number of hydrogen-bond donors (Lipinski definition) is 2. The second-order valence-electron chi connectivity index (χ2n) is 5.83. The smallest absolute Gasteiger partial charge is 0.0804 e. The summed E-state index contributed by atoms with van der Waals surface area (Å²) in [5.41, 5.74) is 12.1. The fourth-order valence-electron chi connectivity index (χ4n) is 4.59. The third kappa shape index (κ3) is 1.11. The molecule has 4 aliphatic carbocycles. The monoisotopic (exact) mass is 193 g/mol. The highest BCUT2D eigenvalue weighted by atomic mass is 15.0. The van der Waals surface area contributed by atoms with Gasteiger partial charge in [0.15, 0.2) is 0 Å². The zero-order valence-electron chi connectivity index (χ0n) is 8.58. The molecule has 3 heteroatoms. The van der Waals surface area contributed by atoms with Gasteiger partial charge in [-0.3, -0.25) is 4.99 Å². The molecule has 0 aromatic rings. The molecule has 4 aliphatic rings.